The molecule has 18 heavy (non-hydrogen) atoms. The number of hydrogen-bond donors (Lipinski definition) is 0. The first-order valence-corrected chi connectivity index (χ1v) is 6.34. The van der Waals surface area contributed by atoms with Gasteiger partial charge in [-0.1, -0.05) is 0 Å². The van der Waals surface area contributed by atoms with E-state index >= 15 is 0 Å². The van der Waals surface area contributed by atoms with E-state index in [1.807, 2.05) is 17.6 Å². The summed E-state index contributed by atoms with van der Waals surface area (Å²) in [5, 5.41) is 8.93. The molecular weight excluding hydrogens is 296 g/mol. The van der Waals surface area contributed by atoms with Crippen molar-refractivity contribution >= 4 is 27.1 Å². The van der Waals surface area contributed by atoms with E-state index in [9.17, 15) is 0 Å². The first-order chi connectivity index (χ1) is 8.65. The number of nitriles is 1. The summed E-state index contributed by atoms with van der Waals surface area (Å²) >= 11 is 3.37. The summed E-state index contributed by atoms with van der Waals surface area (Å²) in [6.07, 6.45) is 1.73. The Hall–Kier alpha value is -1.45. The molecule has 0 spiro atoms. The summed E-state index contributed by atoms with van der Waals surface area (Å²) in [6.45, 7) is 2.85. The average Bonchev–Trinajstić information content (AvgIpc) is 2.67. The van der Waals surface area contributed by atoms with Gasteiger partial charge in [0.2, 0.25) is 0 Å². The Labute approximate surface area is 114 Å². The SMILES string of the molecule is COCc1nc2cc(Br)cnc2n1CC(C)C#N. The van der Waals surface area contributed by atoms with Gasteiger partial charge in [-0.2, -0.15) is 5.26 Å². The molecule has 0 radical (unpaired) electrons. The molecule has 1 atom stereocenters. The fraction of sp³-hybridized carbons (Fsp3) is 0.417. The topological polar surface area (TPSA) is 63.7 Å². The van der Waals surface area contributed by atoms with Crippen molar-refractivity contribution in [3.05, 3.63) is 22.6 Å². The molecule has 0 fully saturated rings. The molecule has 0 aliphatic carbocycles. The Morgan fingerprint density at radius 3 is 3.06 bits per heavy atom. The summed E-state index contributed by atoms with van der Waals surface area (Å²) in [5.74, 6) is 0.698. The zero-order valence-electron chi connectivity index (χ0n) is 10.2. The van der Waals surface area contributed by atoms with Crippen molar-refractivity contribution in [3.63, 3.8) is 0 Å². The van der Waals surface area contributed by atoms with Crippen LogP contribution in [0.25, 0.3) is 11.2 Å². The van der Waals surface area contributed by atoms with Crippen LogP contribution >= 0.6 is 15.9 Å². The predicted molar refractivity (Wildman–Crippen MR) is 70.7 cm³/mol. The number of nitrogens with zero attached hydrogens (tertiary/aromatic N) is 4. The molecule has 6 heteroatoms. The molecule has 0 saturated heterocycles. The van der Waals surface area contributed by atoms with E-state index < -0.39 is 0 Å². The Bertz CT molecular complexity index is 602. The number of rotatable bonds is 4. The maximum atomic E-state index is 8.93. The van der Waals surface area contributed by atoms with Gasteiger partial charge in [-0.15, -0.1) is 0 Å². The molecule has 2 aromatic rings. The van der Waals surface area contributed by atoms with Crippen molar-refractivity contribution in [1.82, 2.24) is 14.5 Å². The van der Waals surface area contributed by atoms with Crippen molar-refractivity contribution < 1.29 is 4.74 Å². The highest BCUT2D eigenvalue weighted by molar-refractivity contribution is 9.10. The predicted octanol–water partition coefficient (Wildman–Crippen LogP) is 2.50. The summed E-state index contributed by atoms with van der Waals surface area (Å²) in [4.78, 5) is 8.85. The second kappa shape index (κ2) is 5.46. The molecule has 0 aliphatic heterocycles. The Morgan fingerprint density at radius 2 is 2.39 bits per heavy atom. The Morgan fingerprint density at radius 1 is 1.61 bits per heavy atom. The third-order valence-electron chi connectivity index (χ3n) is 2.58. The molecule has 0 aliphatic rings. The number of methoxy groups -OCH3 is 1. The summed E-state index contributed by atoms with van der Waals surface area (Å²) in [6, 6.07) is 4.13. The third kappa shape index (κ3) is 2.52. The van der Waals surface area contributed by atoms with Gasteiger partial charge in [-0.25, -0.2) is 9.97 Å². The number of fused-ring (bicyclic) bond motifs is 1. The van der Waals surface area contributed by atoms with E-state index in [1.54, 1.807) is 13.3 Å². The molecule has 2 heterocycles. The van der Waals surface area contributed by atoms with Crippen LogP contribution in [-0.4, -0.2) is 21.6 Å². The normalized spacial score (nSPS) is 12.6. The number of hydrogen-bond acceptors (Lipinski definition) is 4. The fourth-order valence-corrected chi connectivity index (χ4v) is 2.10. The van der Waals surface area contributed by atoms with Crippen LogP contribution in [0.4, 0.5) is 0 Å². The molecule has 0 bridgehead atoms. The highest BCUT2D eigenvalue weighted by Crippen LogP contribution is 2.20. The number of aromatic nitrogens is 3. The molecule has 2 aromatic heterocycles. The Kier molecular flexibility index (Phi) is 3.94. The van der Waals surface area contributed by atoms with Crippen LogP contribution in [0, 0.1) is 17.2 Å². The van der Waals surface area contributed by atoms with Gasteiger partial charge >= 0.3 is 0 Å². The molecule has 2 rings (SSSR count). The van der Waals surface area contributed by atoms with Crippen LogP contribution < -0.4 is 0 Å². The van der Waals surface area contributed by atoms with Crippen molar-refractivity contribution in [2.75, 3.05) is 7.11 Å². The third-order valence-corrected chi connectivity index (χ3v) is 3.01. The van der Waals surface area contributed by atoms with Crippen LogP contribution in [0.1, 0.15) is 12.7 Å². The van der Waals surface area contributed by atoms with E-state index in [-0.39, 0.29) is 5.92 Å². The maximum absolute atomic E-state index is 8.93. The van der Waals surface area contributed by atoms with Crippen LogP contribution in [0.15, 0.2) is 16.7 Å². The lowest BCUT2D eigenvalue weighted by Crippen LogP contribution is -2.10. The van der Waals surface area contributed by atoms with E-state index in [0.29, 0.717) is 13.2 Å². The molecule has 0 amide bonds. The van der Waals surface area contributed by atoms with Crippen LogP contribution in [0.5, 0.6) is 0 Å². The minimum Gasteiger partial charge on any atom is -0.377 e. The molecule has 94 valence electrons. The second-order valence-electron chi connectivity index (χ2n) is 4.10. The second-order valence-corrected chi connectivity index (χ2v) is 5.01. The lowest BCUT2D eigenvalue weighted by atomic mass is 10.2. The summed E-state index contributed by atoms with van der Waals surface area (Å²) in [5.41, 5.74) is 1.59. The number of imidazole rings is 1. The van der Waals surface area contributed by atoms with Gasteiger partial charge in [0.05, 0.1) is 12.0 Å². The largest absolute Gasteiger partial charge is 0.377 e. The molecule has 5 nitrogen and oxygen atoms in total. The fourth-order valence-electron chi connectivity index (χ4n) is 1.78. The van der Waals surface area contributed by atoms with Crippen LogP contribution in [-0.2, 0) is 17.9 Å². The van der Waals surface area contributed by atoms with E-state index in [0.717, 1.165) is 21.5 Å². The summed E-state index contributed by atoms with van der Waals surface area (Å²) in [7, 11) is 1.63. The number of pyridine rings is 1. The quantitative estimate of drug-likeness (QED) is 0.870. The smallest absolute Gasteiger partial charge is 0.160 e. The first kappa shape index (κ1) is 13.0. The van der Waals surface area contributed by atoms with Gasteiger partial charge in [-0.05, 0) is 28.9 Å². The molecule has 0 aromatic carbocycles. The van der Waals surface area contributed by atoms with Gasteiger partial charge in [0.1, 0.15) is 17.9 Å². The minimum absolute atomic E-state index is 0.0940. The monoisotopic (exact) mass is 308 g/mol. The Balaban J connectivity index is 2.52. The molecule has 0 saturated carbocycles. The van der Waals surface area contributed by atoms with Crippen molar-refractivity contribution in [2.45, 2.75) is 20.1 Å². The van der Waals surface area contributed by atoms with Crippen LogP contribution in [0.2, 0.25) is 0 Å². The molecule has 0 N–H and O–H groups in total. The van der Waals surface area contributed by atoms with Crippen molar-refractivity contribution in [1.29, 1.82) is 5.26 Å². The zero-order chi connectivity index (χ0) is 13.1. The van der Waals surface area contributed by atoms with Crippen molar-refractivity contribution in [3.8, 4) is 6.07 Å². The van der Waals surface area contributed by atoms with Gasteiger partial charge in [0, 0.05) is 24.3 Å². The maximum Gasteiger partial charge on any atom is 0.160 e. The highest BCUT2D eigenvalue weighted by Gasteiger charge is 2.14. The molecule has 1 unspecified atom stereocenters. The van der Waals surface area contributed by atoms with Gasteiger partial charge in [0.25, 0.3) is 0 Å². The van der Waals surface area contributed by atoms with Gasteiger partial charge < -0.3 is 9.30 Å². The zero-order valence-corrected chi connectivity index (χ0v) is 11.8. The summed E-state index contributed by atoms with van der Waals surface area (Å²) < 4.78 is 7.97. The van der Waals surface area contributed by atoms with Gasteiger partial charge in [0.15, 0.2) is 5.65 Å². The lowest BCUT2D eigenvalue weighted by molar-refractivity contribution is 0.174. The number of halogens is 1. The van der Waals surface area contributed by atoms with Crippen molar-refractivity contribution in [2.24, 2.45) is 5.92 Å². The van der Waals surface area contributed by atoms with E-state index in [1.165, 1.54) is 0 Å². The van der Waals surface area contributed by atoms with Crippen LogP contribution in [0.3, 0.4) is 0 Å². The lowest BCUT2D eigenvalue weighted by Gasteiger charge is -2.08. The number of ether oxygens (including phenoxy) is 1. The molecular formula is C12H13BrN4O. The highest BCUT2D eigenvalue weighted by atomic mass is 79.9. The van der Waals surface area contributed by atoms with Gasteiger partial charge in [-0.3, -0.25) is 0 Å². The first-order valence-electron chi connectivity index (χ1n) is 5.55. The minimum atomic E-state index is -0.0940. The standard InChI is InChI=1S/C12H13BrN4O/c1-8(4-14)6-17-11(7-18-2)16-10-3-9(13)5-15-12(10)17/h3,5,8H,6-7H2,1-2H3. The average molecular weight is 309 g/mol. The van der Waals surface area contributed by atoms with E-state index in [4.69, 9.17) is 10.00 Å². The van der Waals surface area contributed by atoms with E-state index in [2.05, 4.69) is 32.0 Å².